The van der Waals surface area contributed by atoms with Crippen LogP contribution in [0.15, 0.2) is 60.5 Å². The van der Waals surface area contributed by atoms with Crippen molar-refractivity contribution < 1.29 is 4.79 Å². The lowest BCUT2D eigenvalue weighted by molar-refractivity contribution is 0.0946. The number of carbonyl (C=O) groups excluding carboxylic acids is 1. The molecule has 3 aromatic heterocycles. The van der Waals surface area contributed by atoms with Crippen LogP contribution in [0.4, 0.5) is 0 Å². The molecule has 0 unspecified atom stereocenters. The van der Waals surface area contributed by atoms with Gasteiger partial charge < -0.3 is 5.32 Å². The molecule has 4 aromatic rings. The van der Waals surface area contributed by atoms with Gasteiger partial charge in [0.2, 0.25) is 0 Å². The molecule has 7 heteroatoms. The van der Waals surface area contributed by atoms with Crippen molar-refractivity contribution in [3.63, 3.8) is 0 Å². The molecule has 0 aliphatic heterocycles. The zero-order valence-corrected chi connectivity index (χ0v) is 12.9. The van der Waals surface area contributed by atoms with Crippen LogP contribution in [0.25, 0.3) is 10.6 Å². The third-order valence-corrected chi connectivity index (χ3v) is 4.23. The van der Waals surface area contributed by atoms with Gasteiger partial charge in [-0.25, -0.2) is 9.67 Å². The smallest absolute Gasteiger partial charge is 0.271 e. The van der Waals surface area contributed by atoms with Crippen LogP contribution in [-0.4, -0.2) is 25.1 Å². The van der Waals surface area contributed by atoms with Gasteiger partial charge in [-0.15, -0.1) is 11.3 Å². The number of nitrogens with one attached hydrogen (secondary N) is 1. The Morgan fingerprint density at radius 2 is 2.22 bits per heavy atom. The predicted octanol–water partition coefficient (Wildman–Crippen LogP) is 2.51. The maximum absolute atomic E-state index is 12.2. The highest BCUT2D eigenvalue weighted by atomic mass is 32.1. The number of nitrogens with zero attached hydrogens (tertiary/aromatic N) is 4. The largest absolute Gasteiger partial charge is 0.347 e. The molecule has 23 heavy (non-hydrogen) atoms. The summed E-state index contributed by atoms with van der Waals surface area (Å²) in [6.45, 7) is 0.444. The fourth-order valence-corrected chi connectivity index (χ4v) is 3.04. The van der Waals surface area contributed by atoms with E-state index in [-0.39, 0.29) is 5.91 Å². The van der Waals surface area contributed by atoms with E-state index in [4.69, 9.17) is 0 Å². The molecule has 3 heterocycles. The summed E-state index contributed by atoms with van der Waals surface area (Å²) in [7, 11) is 0. The summed E-state index contributed by atoms with van der Waals surface area (Å²) >= 11 is 1.50. The van der Waals surface area contributed by atoms with E-state index in [1.54, 1.807) is 17.1 Å². The molecule has 0 saturated carbocycles. The Hall–Kier alpha value is -2.93. The van der Waals surface area contributed by atoms with Gasteiger partial charge in [0, 0.05) is 36.7 Å². The van der Waals surface area contributed by atoms with Crippen molar-refractivity contribution >= 4 is 22.2 Å². The second-order valence-corrected chi connectivity index (χ2v) is 5.90. The van der Waals surface area contributed by atoms with E-state index in [2.05, 4.69) is 15.4 Å². The first-order valence-corrected chi connectivity index (χ1v) is 7.97. The highest BCUT2D eigenvalue weighted by Crippen LogP contribution is 2.12. The average Bonchev–Trinajstić information content (AvgIpc) is 3.28. The Kier molecular flexibility index (Phi) is 3.39. The number of hydrogen-bond acceptors (Lipinski definition) is 4. The summed E-state index contributed by atoms with van der Waals surface area (Å²) in [4.78, 5) is 17.3. The number of benzene rings is 1. The van der Waals surface area contributed by atoms with Gasteiger partial charge in [-0.1, -0.05) is 12.1 Å². The van der Waals surface area contributed by atoms with E-state index in [0.717, 1.165) is 16.2 Å². The van der Waals surface area contributed by atoms with Crippen LogP contribution >= 0.6 is 11.3 Å². The fourth-order valence-electron chi connectivity index (χ4n) is 2.34. The molecule has 0 radical (unpaired) electrons. The Labute approximate surface area is 136 Å². The second-order valence-electron chi connectivity index (χ2n) is 5.02. The minimum Gasteiger partial charge on any atom is -0.347 e. The van der Waals surface area contributed by atoms with Gasteiger partial charge >= 0.3 is 0 Å². The molecule has 0 atom stereocenters. The molecule has 114 valence electrons. The lowest BCUT2D eigenvalue weighted by Gasteiger charge is -2.06. The van der Waals surface area contributed by atoms with Gasteiger partial charge in [0.1, 0.15) is 5.69 Å². The van der Waals surface area contributed by atoms with E-state index < -0.39 is 0 Å². The van der Waals surface area contributed by atoms with E-state index in [1.165, 1.54) is 11.3 Å². The maximum Gasteiger partial charge on any atom is 0.271 e. The molecular formula is C16H13N5OS. The third kappa shape index (κ3) is 2.74. The second kappa shape index (κ2) is 5.69. The molecule has 4 rings (SSSR count). The number of carbonyl (C=O) groups is 1. The number of aromatic nitrogens is 4. The Bertz CT molecular complexity index is 925. The third-order valence-electron chi connectivity index (χ3n) is 3.46. The summed E-state index contributed by atoms with van der Waals surface area (Å²) in [5, 5.41) is 9.04. The molecule has 0 fully saturated rings. The first-order valence-electron chi connectivity index (χ1n) is 7.09. The van der Waals surface area contributed by atoms with Crippen LogP contribution in [0.1, 0.15) is 16.1 Å². The van der Waals surface area contributed by atoms with Crippen molar-refractivity contribution in [2.45, 2.75) is 6.54 Å². The van der Waals surface area contributed by atoms with E-state index in [9.17, 15) is 4.79 Å². The van der Waals surface area contributed by atoms with E-state index >= 15 is 0 Å². The van der Waals surface area contributed by atoms with Crippen LogP contribution in [0, 0.1) is 0 Å². The van der Waals surface area contributed by atoms with Gasteiger partial charge in [0.25, 0.3) is 5.91 Å². The number of fused-ring (bicyclic) bond motifs is 1. The SMILES string of the molecule is O=C(NCc1cccc(-n2cccn2)c1)c1cn2ccsc2n1. The molecule has 0 bridgehead atoms. The van der Waals surface area contributed by atoms with E-state index in [1.807, 2.05) is 52.5 Å². The molecule has 6 nitrogen and oxygen atoms in total. The average molecular weight is 323 g/mol. The standard InChI is InChI=1S/C16H13N5OS/c22-15(14-11-20-7-8-23-16(20)19-14)17-10-12-3-1-4-13(9-12)21-6-2-5-18-21/h1-9,11H,10H2,(H,17,22). The van der Waals surface area contributed by atoms with Crippen LogP contribution < -0.4 is 5.32 Å². The Morgan fingerprint density at radius 3 is 3.04 bits per heavy atom. The molecule has 0 saturated heterocycles. The predicted molar refractivity (Wildman–Crippen MR) is 87.8 cm³/mol. The zero-order chi connectivity index (χ0) is 15.6. The van der Waals surface area contributed by atoms with Crippen LogP contribution in [0.3, 0.4) is 0 Å². The lowest BCUT2D eigenvalue weighted by atomic mass is 10.2. The van der Waals surface area contributed by atoms with Crippen molar-refractivity contribution in [1.29, 1.82) is 0 Å². The topological polar surface area (TPSA) is 64.2 Å². The number of hydrogen-bond donors (Lipinski definition) is 1. The molecule has 0 aliphatic rings. The Balaban J connectivity index is 1.47. The van der Waals surface area contributed by atoms with Crippen LogP contribution in [0.2, 0.25) is 0 Å². The zero-order valence-electron chi connectivity index (χ0n) is 12.1. The van der Waals surface area contributed by atoms with Gasteiger partial charge in [0.05, 0.1) is 5.69 Å². The monoisotopic (exact) mass is 323 g/mol. The molecular weight excluding hydrogens is 310 g/mol. The highest BCUT2D eigenvalue weighted by Gasteiger charge is 2.11. The minimum absolute atomic E-state index is 0.176. The maximum atomic E-state index is 12.2. The molecule has 0 spiro atoms. The lowest BCUT2D eigenvalue weighted by Crippen LogP contribution is -2.23. The molecule has 1 aromatic carbocycles. The van der Waals surface area contributed by atoms with Gasteiger partial charge in [-0.2, -0.15) is 5.10 Å². The summed E-state index contributed by atoms with van der Waals surface area (Å²) < 4.78 is 3.63. The molecule has 1 N–H and O–H groups in total. The van der Waals surface area contributed by atoms with Crippen molar-refractivity contribution in [1.82, 2.24) is 24.5 Å². The highest BCUT2D eigenvalue weighted by molar-refractivity contribution is 7.15. The van der Waals surface area contributed by atoms with Crippen molar-refractivity contribution in [2.24, 2.45) is 0 Å². The number of rotatable bonds is 4. The molecule has 0 aliphatic carbocycles. The van der Waals surface area contributed by atoms with Gasteiger partial charge in [-0.05, 0) is 23.8 Å². The summed E-state index contributed by atoms with van der Waals surface area (Å²) in [6, 6.07) is 9.77. The number of thiazole rings is 1. The summed E-state index contributed by atoms with van der Waals surface area (Å²) in [6.07, 6.45) is 7.24. The van der Waals surface area contributed by atoms with Crippen LogP contribution in [-0.2, 0) is 6.54 Å². The molecule has 1 amide bonds. The Morgan fingerprint density at radius 1 is 1.26 bits per heavy atom. The van der Waals surface area contributed by atoms with E-state index in [0.29, 0.717) is 12.2 Å². The summed E-state index contributed by atoms with van der Waals surface area (Å²) in [5.74, 6) is -0.176. The normalized spacial score (nSPS) is 11.0. The van der Waals surface area contributed by atoms with Crippen molar-refractivity contribution in [3.8, 4) is 5.69 Å². The number of imidazole rings is 1. The first-order chi connectivity index (χ1) is 11.3. The van der Waals surface area contributed by atoms with Crippen molar-refractivity contribution in [3.05, 3.63) is 71.8 Å². The minimum atomic E-state index is -0.176. The van der Waals surface area contributed by atoms with Crippen molar-refractivity contribution in [2.75, 3.05) is 0 Å². The van der Waals surface area contributed by atoms with Gasteiger partial charge in [-0.3, -0.25) is 9.20 Å². The summed E-state index contributed by atoms with van der Waals surface area (Å²) in [5.41, 5.74) is 2.40. The number of amides is 1. The first kappa shape index (κ1) is 13.7. The van der Waals surface area contributed by atoms with Crippen LogP contribution in [0.5, 0.6) is 0 Å². The van der Waals surface area contributed by atoms with Gasteiger partial charge in [0.15, 0.2) is 4.96 Å². The quantitative estimate of drug-likeness (QED) is 0.627. The fraction of sp³-hybridized carbons (Fsp3) is 0.0625.